The molecule has 27 heavy (non-hydrogen) atoms. The minimum atomic E-state index is -0.419. The Kier molecular flexibility index (Phi) is 5.32. The molecule has 1 aliphatic rings. The van der Waals surface area contributed by atoms with Crippen molar-refractivity contribution in [2.24, 2.45) is 0 Å². The Hall–Kier alpha value is -3.06. The number of hydrogen-bond donors (Lipinski definition) is 0. The predicted molar refractivity (Wildman–Crippen MR) is 110 cm³/mol. The highest BCUT2D eigenvalue weighted by atomic mass is 32.1. The number of allylic oxidation sites excluding steroid dienone is 1. The van der Waals surface area contributed by atoms with Crippen LogP contribution in [0.15, 0.2) is 47.9 Å². The van der Waals surface area contributed by atoms with Gasteiger partial charge in [0.05, 0.1) is 28.9 Å². The third-order valence-corrected chi connectivity index (χ3v) is 6.54. The van der Waals surface area contributed by atoms with Crippen molar-refractivity contribution in [1.29, 1.82) is 0 Å². The molecule has 0 aliphatic carbocycles. The number of hydrogen-bond acceptors (Lipinski definition) is 5. The normalized spacial score (nSPS) is 12.4. The lowest BCUT2D eigenvalue weighted by Crippen LogP contribution is -2.21. The van der Waals surface area contributed by atoms with Crippen LogP contribution in [0.1, 0.15) is 31.9 Å². The summed E-state index contributed by atoms with van der Waals surface area (Å²) in [5.74, 6) is -0.485. The number of methoxy groups -OCH3 is 1. The maximum absolute atomic E-state index is 12.8. The van der Waals surface area contributed by atoms with E-state index in [1.54, 1.807) is 24.0 Å². The van der Waals surface area contributed by atoms with Crippen molar-refractivity contribution in [3.63, 3.8) is 0 Å². The SMILES string of the molecule is C=C=C=C=C=C(C)N1Cc2c(sc3c(/C=C\C(=O)OC)sc(C=C)c23)C1=O. The van der Waals surface area contributed by atoms with Crippen LogP contribution in [0, 0.1) is 0 Å². The molecular weight excluding hydrogens is 378 g/mol. The summed E-state index contributed by atoms with van der Waals surface area (Å²) in [7, 11) is 1.34. The van der Waals surface area contributed by atoms with Crippen LogP contribution in [-0.4, -0.2) is 23.9 Å². The molecule has 0 radical (unpaired) electrons. The van der Waals surface area contributed by atoms with Crippen molar-refractivity contribution in [2.45, 2.75) is 13.5 Å². The minimum Gasteiger partial charge on any atom is -0.466 e. The molecule has 0 spiro atoms. The lowest BCUT2D eigenvalue weighted by atomic mass is 10.1. The number of thiophene rings is 2. The van der Waals surface area contributed by atoms with Crippen molar-refractivity contribution in [3.05, 3.63) is 68.1 Å². The Morgan fingerprint density at radius 2 is 2.07 bits per heavy atom. The Morgan fingerprint density at radius 1 is 1.30 bits per heavy atom. The molecule has 1 aliphatic heterocycles. The molecule has 2 aromatic rings. The number of rotatable bonds is 4. The first-order valence-corrected chi connectivity index (χ1v) is 9.55. The largest absolute Gasteiger partial charge is 0.466 e. The molecule has 0 fully saturated rings. The van der Waals surface area contributed by atoms with Crippen molar-refractivity contribution in [3.8, 4) is 0 Å². The smallest absolute Gasteiger partial charge is 0.330 e. The molecular formula is C21H15NO3S2. The molecule has 1 amide bonds. The zero-order valence-corrected chi connectivity index (χ0v) is 16.5. The molecule has 0 saturated heterocycles. The van der Waals surface area contributed by atoms with Gasteiger partial charge in [-0.05, 0) is 36.8 Å². The Bertz CT molecular complexity index is 1170. The van der Waals surface area contributed by atoms with Gasteiger partial charge >= 0.3 is 5.97 Å². The van der Waals surface area contributed by atoms with E-state index in [4.69, 9.17) is 0 Å². The lowest BCUT2D eigenvalue weighted by molar-refractivity contribution is -0.134. The average molecular weight is 393 g/mol. The Morgan fingerprint density at radius 3 is 2.74 bits per heavy atom. The Balaban J connectivity index is 2.11. The molecule has 134 valence electrons. The zero-order valence-electron chi connectivity index (χ0n) is 14.8. The number of carbonyl (C=O) groups is 2. The highest BCUT2D eigenvalue weighted by Gasteiger charge is 2.34. The van der Waals surface area contributed by atoms with Crippen LogP contribution >= 0.6 is 22.7 Å². The van der Waals surface area contributed by atoms with Crippen molar-refractivity contribution >= 4 is 56.8 Å². The molecule has 2 aromatic heterocycles. The van der Waals surface area contributed by atoms with Gasteiger partial charge in [0.1, 0.15) is 0 Å². The second-order valence-electron chi connectivity index (χ2n) is 5.53. The molecule has 4 nitrogen and oxygen atoms in total. The first-order valence-electron chi connectivity index (χ1n) is 7.92. The summed E-state index contributed by atoms with van der Waals surface area (Å²) in [6.45, 7) is 9.56. The summed E-state index contributed by atoms with van der Waals surface area (Å²) in [4.78, 5) is 28.5. The quantitative estimate of drug-likeness (QED) is 0.422. The number of carbonyl (C=O) groups excluding carboxylic acids is 2. The van der Waals surface area contributed by atoms with Crippen molar-refractivity contribution in [2.75, 3.05) is 7.11 Å². The number of amides is 1. The van der Waals surface area contributed by atoms with Crippen molar-refractivity contribution in [1.82, 2.24) is 4.90 Å². The minimum absolute atomic E-state index is 0.0662. The number of esters is 1. The van der Waals surface area contributed by atoms with Crippen LogP contribution in [-0.2, 0) is 16.1 Å². The first kappa shape index (κ1) is 18.7. The Labute approximate surface area is 164 Å². The van der Waals surface area contributed by atoms with Gasteiger partial charge < -0.3 is 4.74 Å². The second kappa shape index (κ2) is 7.67. The molecule has 0 aromatic carbocycles. The molecule has 3 heterocycles. The summed E-state index contributed by atoms with van der Waals surface area (Å²) >= 11 is 2.97. The number of ether oxygens (including phenoxy) is 1. The summed E-state index contributed by atoms with van der Waals surface area (Å²) in [6.07, 6.45) is 4.89. The van der Waals surface area contributed by atoms with Gasteiger partial charge in [-0.1, -0.05) is 18.4 Å². The third kappa shape index (κ3) is 3.33. The second-order valence-corrected chi connectivity index (χ2v) is 7.64. The summed E-state index contributed by atoms with van der Waals surface area (Å²) in [5.41, 5.74) is 12.2. The predicted octanol–water partition coefficient (Wildman–Crippen LogP) is 4.90. The topological polar surface area (TPSA) is 46.6 Å². The van der Waals surface area contributed by atoms with Crippen LogP contribution in [0.25, 0.3) is 22.2 Å². The zero-order chi connectivity index (χ0) is 19.6. The van der Waals surface area contributed by atoms with E-state index in [0.29, 0.717) is 17.1 Å². The summed E-state index contributed by atoms with van der Waals surface area (Å²) in [6, 6.07) is 0. The van der Waals surface area contributed by atoms with E-state index < -0.39 is 5.97 Å². The van der Waals surface area contributed by atoms with E-state index in [1.165, 1.54) is 35.9 Å². The van der Waals surface area contributed by atoms with E-state index >= 15 is 0 Å². The maximum Gasteiger partial charge on any atom is 0.330 e. The fourth-order valence-corrected chi connectivity index (χ4v) is 5.25. The molecule has 0 N–H and O–H groups in total. The standard InChI is InChI=1S/C21H15NO3S2/c1-5-7-8-9-13(3)22-12-14-18-15(6-2)26-16(10-11-17(23)25-4)20(18)27-19(14)21(22)24/h6,10-11H,1-2,12H2,3-4H3/b11-10-. The maximum atomic E-state index is 12.8. The van der Waals surface area contributed by atoms with Gasteiger partial charge in [0.15, 0.2) is 0 Å². The van der Waals surface area contributed by atoms with Crippen LogP contribution in [0.4, 0.5) is 0 Å². The average Bonchev–Trinajstić information content (AvgIpc) is 3.30. The number of nitrogens with zero attached hydrogens (tertiary/aromatic N) is 1. The molecule has 0 unspecified atom stereocenters. The lowest BCUT2D eigenvalue weighted by Gasteiger charge is -2.13. The third-order valence-electron chi connectivity index (χ3n) is 4.01. The monoisotopic (exact) mass is 393 g/mol. The van der Waals surface area contributed by atoms with E-state index in [0.717, 1.165) is 25.4 Å². The van der Waals surface area contributed by atoms with Gasteiger partial charge in [0, 0.05) is 26.8 Å². The van der Waals surface area contributed by atoms with Crippen LogP contribution in [0.5, 0.6) is 0 Å². The van der Waals surface area contributed by atoms with Gasteiger partial charge in [-0.15, -0.1) is 22.7 Å². The highest BCUT2D eigenvalue weighted by molar-refractivity contribution is 7.26. The molecule has 0 atom stereocenters. The van der Waals surface area contributed by atoms with Gasteiger partial charge in [-0.25, -0.2) is 4.79 Å². The van der Waals surface area contributed by atoms with Crippen LogP contribution in [0.2, 0.25) is 0 Å². The molecule has 3 rings (SSSR count). The van der Waals surface area contributed by atoms with Gasteiger partial charge in [0.25, 0.3) is 5.91 Å². The van der Waals surface area contributed by atoms with Gasteiger partial charge in [-0.3, -0.25) is 9.69 Å². The van der Waals surface area contributed by atoms with E-state index in [9.17, 15) is 9.59 Å². The van der Waals surface area contributed by atoms with E-state index in [1.807, 2.05) is 0 Å². The van der Waals surface area contributed by atoms with Crippen molar-refractivity contribution < 1.29 is 14.3 Å². The highest BCUT2D eigenvalue weighted by Crippen LogP contribution is 2.46. The van der Waals surface area contributed by atoms with Crippen LogP contribution in [0.3, 0.4) is 0 Å². The molecule has 0 saturated carbocycles. The van der Waals surface area contributed by atoms with Gasteiger partial charge in [-0.2, -0.15) is 0 Å². The fraction of sp³-hybridized carbons (Fsp3) is 0.143. The van der Waals surface area contributed by atoms with Crippen LogP contribution < -0.4 is 0 Å². The summed E-state index contributed by atoms with van der Waals surface area (Å²) in [5, 5.41) is 1.02. The summed E-state index contributed by atoms with van der Waals surface area (Å²) < 4.78 is 5.63. The first-order chi connectivity index (χ1) is 13.0. The fourth-order valence-electron chi connectivity index (χ4n) is 2.76. The van der Waals surface area contributed by atoms with E-state index in [-0.39, 0.29) is 5.91 Å². The number of fused-ring (bicyclic) bond motifs is 3. The van der Waals surface area contributed by atoms with E-state index in [2.05, 4.69) is 40.8 Å². The molecule has 0 bridgehead atoms. The molecule has 6 heteroatoms. The van der Waals surface area contributed by atoms with Gasteiger partial charge in [0.2, 0.25) is 0 Å².